The molecule has 3 nitrogen and oxygen atoms in total. The molecule has 5 heteroatoms. The molecular weight excluding hydrogens is 321 g/mol. The number of rotatable bonds is 7. The molecule has 1 heterocycles. The van der Waals surface area contributed by atoms with E-state index in [1.165, 1.54) is 0 Å². The van der Waals surface area contributed by atoms with Gasteiger partial charge in [0, 0.05) is 23.0 Å². The van der Waals surface area contributed by atoms with Crippen LogP contribution < -0.4 is 4.74 Å². The molecule has 22 heavy (non-hydrogen) atoms. The number of nitrogens with zero attached hydrogens (tertiary/aromatic N) is 1. The molecule has 0 aliphatic carbocycles. The first-order valence-electron chi connectivity index (χ1n) is 7.17. The van der Waals surface area contributed by atoms with Crippen LogP contribution in [0.2, 0.25) is 10.0 Å². The third kappa shape index (κ3) is 4.46. The van der Waals surface area contributed by atoms with E-state index in [1.807, 2.05) is 0 Å². The van der Waals surface area contributed by atoms with Crippen LogP contribution in [0.4, 0.5) is 0 Å². The first-order valence-corrected chi connectivity index (χ1v) is 7.93. The second-order valence-electron chi connectivity index (χ2n) is 4.93. The average molecular weight is 338 g/mol. The highest BCUT2D eigenvalue weighted by molar-refractivity contribution is 6.35. The lowest BCUT2D eigenvalue weighted by atomic mass is 10.0. The van der Waals surface area contributed by atoms with Crippen molar-refractivity contribution in [3.05, 3.63) is 58.3 Å². The molecule has 0 spiro atoms. The van der Waals surface area contributed by atoms with Crippen LogP contribution >= 0.6 is 23.2 Å². The second kappa shape index (κ2) is 8.16. The zero-order valence-electron chi connectivity index (χ0n) is 12.3. The van der Waals surface area contributed by atoms with Crippen LogP contribution in [0.15, 0.2) is 42.7 Å². The molecule has 0 saturated carbocycles. The van der Waals surface area contributed by atoms with Crippen molar-refractivity contribution in [1.29, 1.82) is 0 Å². The minimum atomic E-state index is -0.581. The SMILES string of the molecule is CCCCC(Oc1ccc(Cl)cc1Cl)C(=O)c1cccnc1. The summed E-state index contributed by atoms with van der Waals surface area (Å²) in [5, 5.41) is 0.925. The molecule has 0 fully saturated rings. The molecule has 0 amide bonds. The maximum absolute atomic E-state index is 12.6. The third-order valence-corrected chi connectivity index (χ3v) is 3.75. The second-order valence-corrected chi connectivity index (χ2v) is 5.77. The summed E-state index contributed by atoms with van der Waals surface area (Å²) in [4.78, 5) is 16.6. The van der Waals surface area contributed by atoms with E-state index >= 15 is 0 Å². The van der Waals surface area contributed by atoms with Crippen molar-refractivity contribution >= 4 is 29.0 Å². The Morgan fingerprint density at radius 3 is 2.77 bits per heavy atom. The zero-order chi connectivity index (χ0) is 15.9. The van der Waals surface area contributed by atoms with Gasteiger partial charge in [-0.15, -0.1) is 0 Å². The predicted molar refractivity (Wildman–Crippen MR) is 89.0 cm³/mol. The molecule has 0 saturated heterocycles. The lowest BCUT2D eigenvalue weighted by molar-refractivity contribution is 0.0774. The van der Waals surface area contributed by atoms with Crippen molar-refractivity contribution in [2.45, 2.75) is 32.3 Å². The summed E-state index contributed by atoms with van der Waals surface area (Å²) in [6.45, 7) is 2.07. The van der Waals surface area contributed by atoms with E-state index in [1.54, 1.807) is 42.7 Å². The number of hydrogen-bond donors (Lipinski definition) is 0. The Morgan fingerprint density at radius 2 is 2.14 bits per heavy atom. The van der Waals surface area contributed by atoms with Gasteiger partial charge in [-0.2, -0.15) is 0 Å². The van der Waals surface area contributed by atoms with Gasteiger partial charge in [0.15, 0.2) is 6.10 Å². The Kier molecular flexibility index (Phi) is 6.22. The number of halogens is 2. The Morgan fingerprint density at radius 1 is 1.32 bits per heavy atom. The van der Waals surface area contributed by atoms with E-state index in [9.17, 15) is 4.79 Å². The van der Waals surface area contributed by atoms with E-state index in [4.69, 9.17) is 27.9 Å². The van der Waals surface area contributed by atoms with Crippen molar-refractivity contribution in [1.82, 2.24) is 4.98 Å². The largest absolute Gasteiger partial charge is 0.481 e. The van der Waals surface area contributed by atoms with Gasteiger partial charge in [-0.3, -0.25) is 9.78 Å². The standard InChI is InChI=1S/C17H17Cl2NO2/c1-2-3-6-16(17(21)12-5-4-9-20-11-12)22-15-8-7-13(18)10-14(15)19/h4-5,7-11,16H,2-3,6H2,1H3. The van der Waals surface area contributed by atoms with Gasteiger partial charge in [0.2, 0.25) is 5.78 Å². The van der Waals surface area contributed by atoms with E-state index in [2.05, 4.69) is 11.9 Å². The molecule has 2 aromatic rings. The van der Waals surface area contributed by atoms with Crippen molar-refractivity contribution in [2.24, 2.45) is 0 Å². The fraction of sp³-hybridized carbons (Fsp3) is 0.294. The van der Waals surface area contributed by atoms with Gasteiger partial charge in [-0.25, -0.2) is 0 Å². The summed E-state index contributed by atoms with van der Waals surface area (Å²) < 4.78 is 5.85. The minimum absolute atomic E-state index is 0.0902. The molecule has 0 bridgehead atoms. The third-order valence-electron chi connectivity index (χ3n) is 3.22. The molecule has 2 rings (SSSR count). The molecule has 1 aromatic heterocycles. The van der Waals surface area contributed by atoms with Crippen molar-refractivity contribution in [3.63, 3.8) is 0 Å². The van der Waals surface area contributed by atoms with Crippen LogP contribution in [-0.2, 0) is 0 Å². The van der Waals surface area contributed by atoms with E-state index in [-0.39, 0.29) is 5.78 Å². The summed E-state index contributed by atoms with van der Waals surface area (Å²) in [5.41, 5.74) is 0.536. The van der Waals surface area contributed by atoms with E-state index in [0.29, 0.717) is 27.8 Å². The number of carbonyl (C=O) groups is 1. The quantitative estimate of drug-likeness (QED) is 0.651. The average Bonchev–Trinajstić information content (AvgIpc) is 2.53. The maximum Gasteiger partial charge on any atom is 0.204 e. The number of Topliss-reactive ketones (excluding diaryl/α,β-unsaturated/α-hetero) is 1. The van der Waals surface area contributed by atoms with Gasteiger partial charge in [0.05, 0.1) is 5.02 Å². The predicted octanol–water partition coefficient (Wildman–Crippen LogP) is 5.21. The maximum atomic E-state index is 12.6. The molecular formula is C17H17Cl2NO2. The van der Waals surface area contributed by atoms with Gasteiger partial charge in [0.1, 0.15) is 5.75 Å². The molecule has 0 aliphatic rings. The number of aromatic nitrogens is 1. The molecule has 1 aromatic carbocycles. The molecule has 116 valence electrons. The smallest absolute Gasteiger partial charge is 0.204 e. The van der Waals surface area contributed by atoms with E-state index in [0.717, 1.165) is 12.8 Å². The van der Waals surface area contributed by atoms with Crippen LogP contribution in [-0.4, -0.2) is 16.9 Å². The number of carbonyl (C=O) groups excluding carboxylic acids is 1. The highest BCUT2D eigenvalue weighted by atomic mass is 35.5. The highest BCUT2D eigenvalue weighted by Gasteiger charge is 2.22. The number of unbranched alkanes of at least 4 members (excludes halogenated alkanes) is 1. The fourth-order valence-electron chi connectivity index (χ4n) is 2.05. The zero-order valence-corrected chi connectivity index (χ0v) is 13.8. The Labute approximate surface area is 140 Å². The number of ether oxygens (including phenoxy) is 1. The number of ketones is 1. The van der Waals surface area contributed by atoms with Crippen molar-refractivity contribution < 1.29 is 9.53 Å². The van der Waals surface area contributed by atoms with Gasteiger partial charge >= 0.3 is 0 Å². The van der Waals surface area contributed by atoms with Crippen LogP contribution in [0.5, 0.6) is 5.75 Å². The van der Waals surface area contributed by atoms with Crippen molar-refractivity contribution in [2.75, 3.05) is 0 Å². The molecule has 1 unspecified atom stereocenters. The van der Waals surface area contributed by atoms with Gasteiger partial charge in [-0.1, -0.05) is 36.5 Å². The Bertz CT molecular complexity index is 632. The first kappa shape index (κ1) is 16.8. The first-order chi connectivity index (χ1) is 10.6. The fourth-order valence-corrected chi connectivity index (χ4v) is 2.50. The number of hydrogen-bond acceptors (Lipinski definition) is 3. The van der Waals surface area contributed by atoms with Gasteiger partial charge < -0.3 is 4.74 Å². The lowest BCUT2D eigenvalue weighted by Gasteiger charge is -2.18. The minimum Gasteiger partial charge on any atom is -0.481 e. The van der Waals surface area contributed by atoms with Crippen LogP contribution in [0.1, 0.15) is 36.5 Å². The summed E-state index contributed by atoms with van der Waals surface area (Å²) in [7, 11) is 0. The Hall–Kier alpha value is -1.58. The van der Waals surface area contributed by atoms with Crippen LogP contribution in [0.25, 0.3) is 0 Å². The summed E-state index contributed by atoms with van der Waals surface area (Å²) in [5.74, 6) is 0.372. The van der Waals surface area contributed by atoms with Crippen molar-refractivity contribution in [3.8, 4) is 5.75 Å². The number of benzene rings is 1. The van der Waals surface area contributed by atoms with Gasteiger partial charge in [-0.05, 0) is 43.2 Å². The summed E-state index contributed by atoms with van der Waals surface area (Å²) in [6, 6.07) is 8.44. The van der Waals surface area contributed by atoms with E-state index < -0.39 is 6.10 Å². The van der Waals surface area contributed by atoms with Gasteiger partial charge in [0.25, 0.3) is 0 Å². The monoisotopic (exact) mass is 337 g/mol. The number of pyridine rings is 1. The van der Waals surface area contributed by atoms with Crippen LogP contribution in [0.3, 0.4) is 0 Å². The lowest BCUT2D eigenvalue weighted by Crippen LogP contribution is -2.27. The summed E-state index contributed by atoms with van der Waals surface area (Å²) in [6.07, 6.45) is 5.10. The highest BCUT2D eigenvalue weighted by Crippen LogP contribution is 2.29. The molecule has 0 radical (unpaired) electrons. The van der Waals surface area contributed by atoms with Crippen LogP contribution in [0, 0.1) is 0 Å². The molecule has 0 aliphatic heterocycles. The normalized spacial score (nSPS) is 12.0. The molecule has 1 atom stereocenters. The molecule has 0 N–H and O–H groups in total. The Balaban J connectivity index is 2.20. The topological polar surface area (TPSA) is 39.2 Å². The summed E-state index contributed by atoms with van der Waals surface area (Å²) >= 11 is 12.0.